The maximum atomic E-state index is 12.2. The van der Waals surface area contributed by atoms with E-state index >= 15 is 0 Å². The van der Waals surface area contributed by atoms with Crippen LogP contribution in [-0.2, 0) is 9.53 Å². The highest BCUT2D eigenvalue weighted by atomic mass is 35.5. The van der Waals surface area contributed by atoms with Crippen molar-refractivity contribution >= 4 is 17.6 Å². The van der Waals surface area contributed by atoms with Crippen LogP contribution in [0.1, 0.15) is 50.6 Å². The van der Waals surface area contributed by atoms with E-state index in [2.05, 4.69) is 6.92 Å². The molecule has 1 aliphatic carbocycles. The lowest BCUT2D eigenvalue weighted by Crippen LogP contribution is -2.31. The van der Waals surface area contributed by atoms with Crippen molar-refractivity contribution in [1.29, 1.82) is 0 Å². The summed E-state index contributed by atoms with van der Waals surface area (Å²) in [7, 11) is 0. The average molecular weight is 296 g/mol. The van der Waals surface area contributed by atoms with Gasteiger partial charge in [-0.2, -0.15) is 0 Å². The van der Waals surface area contributed by atoms with Crippen LogP contribution in [0.2, 0.25) is 5.02 Å². The fourth-order valence-electron chi connectivity index (χ4n) is 2.81. The Morgan fingerprint density at radius 3 is 2.90 bits per heavy atom. The number of hydrogen-bond donors (Lipinski definition) is 1. The van der Waals surface area contributed by atoms with Gasteiger partial charge in [-0.1, -0.05) is 49.6 Å². The normalized spacial score (nSPS) is 24.1. The summed E-state index contributed by atoms with van der Waals surface area (Å²) in [6, 6.07) is 6.34. The highest BCUT2D eigenvalue weighted by molar-refractivity contribution is 6.31. The molecular formula is C16H22ClNO2. The molecule has 2 rings (SSSR count). The van der Waals surface area contributed by atoms with Crippen LogP contribution in [0.3, 0.4) is 0 Å². The van der Waals surface area contributed by atoms with Gasteiger partial charge in [0.15, 0.2) is 0 Å². The number of rotatable bonds is 4. The molecule has 0 saturated heterocycles. The first-order chi connectivity index (χ1) is 9.61. The number of halogens is 1. The summed E-state index contributed by atoms with van der Waals surface area (Å²) < 4.78 is 5.57. The Balaban J connectivity index is 1.96. The lowest BCUT2D eigenvalue weighted by Gasteiger charge is -2.29. The van der Waals surface area contributed by atoms with Crippen molar-refractivity contribution in [3.8, 4) is 0 Å². The van der Waals surface area contributed by atoms with Crippen LogP contribution in [0.4, 0.5) is 0 Å². The van der Waals surface area contributed by atoms with Crippen molar-refractivity contribution in [3.05, 3.63) is 34.9 Å². The molecule has 0 bridgehead atoms. The Kier molecular flexibility index (Phi) is 5.44. The Morgan fingerprint density at radius 2 is 2.20 bits per heavy atom. The van der Waals surface area contributed by atoms with Gasteiger partial charge in [0.1, 0.15) is 12.1 Å². The lowest BCUT2D eigenvalue weighted by atomic mass is 9.85. The molecule has 0 radical (unpaired) electrons. The Hall–Kier alpha value is -1.06. The SMILES string of the molecule is CCC1CCCC(OC(=O)[C@H](N)c2ccccc2Cl)C1. The van der Waals surface area contributed by atoms with Crippen LogP contribution < -0.4 is 5.73 Å². The van der Waals surface area contributed by atoms with Crippen LogP contribution in [0, 0.1) is 5.92 Å². The van der Waals surface area contributed by atoms with Gasteiger partial charge in [-0.15, -0.1) is 0 Å². The van der Waals surface area contributed by atoms with Crippen LogP contribution in [0.25, 0.3) is 0 Å². The van der Waals surface area contributed by atoms with Crippen molar-refractivity contribution in [3.63, 3.8) is 0 Å². The zero-order chi connectivity index (χ0) is 14.5. The number of carbonyl (C=O) groups excluding carboxylic acids is 1. The second-order valence-electron chi connectivity index (χ2n) is 5.50. The van der Waals surface area contributed by atoms with Gasteiger partial charge in [-0.25, -0.2) is 4.79 Å². The van der Waals surface area contributed by atoms with Crippen molar-refractivity contribution in [1.82, 2.24) is 0 Å². The number of nitrogens with two attached hydrogens (primary N) is 1. The third kappa shape index (κ3) is 3.74. The smallest absolute Gasteiger partial charge is 0.327 e. The first-order valence-corrected chi connectivity index (χ1v) is 7.70. The maximum absolute atomic E-state index is 12.2. The molecule has 1 saturated carbocycles. The number of hydrogen-bond acceptors (Lipinski definition) is 3. The van der Waals surface area contributed by atoms with Gasteiger partial charge >= 0.3 is 5.97 Å². The molecule has 3 nitrogen and oxygen atoms in total. The van der Waals surface area contributed by atoms with E-state index in [9.17, 15) is 4.79 Å². The minimum atomic E-state index is -0.800. The second kappa shape index (κ2) is 7.09. The molecule has 1 aromatic rings. The van der Waals surface area contributed by atoms with E-state index in [0.717, 1.165) is 25.7 Å². The van der Waals surface area contributed by atoms with E-state index in [1.807, 2.05) is 12.1 Å². The van der Waals surface area contributed by atoms with E-state index in [4.69, 9.17) is 22.1 Å². The van der Waals surface area contributed by atoms with Gasteiger partial charge in [0, 0.05) is 5.02 Å². The van der Waals surface area contributed by atoms with Crippen LogP contribution in [0.15, 0.2) is 24.3 Å². The monoisotopic (exact) mass is 295 g/mol. The zero-order valence-electron chi connectivity index (χ0n) is 11.8. The lowest BCUT2D eigenvalue weighted by molar-refractivity contribution is -0.153. The number of benzene rings is 1. The van der Waals surface area contributed by atoms with E-state index in [0.29, 0.717) is 16.5 Å². The highest BCUT2D eigenvalue weighted by Gasteiger charge is 2.27. The van der Waals surface area contributed by atoms with Gasteiger partial charge in [0.05, 0.1) is 0 Å². The second-order valence-corrected chi connectivity index (χ2v) is 5.91. The zero-order valence-corrected chi connectivity index (χ0v) is 12.6. The molecule has 0 amide bonds. The van der Waals surface area contributed by atoms with Gasteiger partial charge in [-0.05, 0) is 36.8 Å². The Labute approximate surface area is 125 Å². The summed E-state index contributed by atoms with van der Waals surface area (Å²) in [5, 5.41) is 0.507. The standard InChI is InChI=1S/C16H22ClNO2/c1-2-11-6-5-7-12(10-11)20-16(19)15(18)13-8-3-4-9-14(13)17/h3-4,8-9,11-12,15H,2,5-7,10,18H2,1H3/t11?,12?,15-/m1/s1. The van der Waals surface area contributed by atoms with Gasteiger partial charge in [-0.3, -0.25) is 0 Å². The van der Waals surface area contributed by atoms with E-state index < -0.39 is 6.04 Å². The molecule has 20 heavy (non-hydrogen) atoms. The fourth-order valence-corrected chi connectivity index (χ4v) is 3.06. The molecule has 0 heterocycles. The quantitative estimate of drug-likeness (QED) is 0.858. The molecule has 0 aromatic heterocycles. The first kappa shape index (κ1) is 15.3. The fraction of sp³-hybridized carbons (Fsp3) is 0.562. The number of esters is 1. The predicted octanol–water partition coefficient (Wildman–Crippen LogP) is 3.85. The molecule has 1 aromatic carbocycles. The minimum absolute atomic E-state index is 0.00902. The molecule has 1 aliphatic rings. The maximum Gasteiger partial charge on any atom is 0.327 e. The molecule has 1 fully saturated rings. The van der Waals surface area contributed by atoms with E-state index in [1.54, 1.807) is 12.1 Å². The van der Waals surface area contributed by atoms with E-state index in [-0.39, 0.29) is 12.1 Å². The third-order valence-corrected chi connectivity index (χ3v) is 4.43. The number of carbonyl (C=O) groups is 1. The highest BCUT2D eigenvalue weighted by Crippen LogP contribution is 2.30. The summed E-state index contributed by atoms with van der Waals surface area (Å²) in [5.74, 6) is 0.290. The summed E-state index contributed by atoms with van der Waals surface area (Å²) in [6.07, 6.45) is 5.41. The first-order valence-electron chi connectivity index (χ1n) is 7.32. The predicted molar refractivity (Wildman–Crippen MR) is 80.5 cm³/mol. The van der Waals surface area contributed by atoms with Crippen molar-refractivity contribution in [2.24, 2.45) is 11.7 Å². The molecule has 2 N–H and O–H groups in total. The topological polar surface area (TPSA) is 52.3 Å². The summed E-state index contributed by atoms with van der Waals surface area (Å²) in [6.45, 7) is 2.18. The van der Waals surface area contributed by atoms with Gasteiger partial charge in [0.25, 0.3) is 0 Å². The Bertz CT molecular complexity index is 464. The molecular weight excluding hydrogens is 274 g/mol. The molecule has 2 unspecified atom stereocenters. The van der Waals surface area contributed by atoms with Crippen molar-refractivity contribution in [2.45, 2.75) is 51.2 Å². The van der Waals surface area contributed by atoms with Crippen LogP contribution in [-0.4, -0.2) is 12.1 Å². The Morgan fingerprint density at radius 1 is 1.45 bits per heavy atom. The molecule has 110 valence electrons. The largest absolute Gasteiger partial charge is 0.461 e. The number of ether oxygens (including phenoxy) is 1. The molecule has 4 heteroatoms. The minimum Gasteiger partial charge on any atom is -0.461 e. The molecule has 0 aliphatic heterocycles. The van der Waals surface area contributed by atoms with E-state index in [1.165, 1.54) is 6.42 Å². The van der Waals surface area contributed by atoms with Crippen molar-refractivity contribution < 1.29 is 9.53 Å². The molecule has 3 atom stereocenters. The average Bonchev–Trinajstić information content (AvgIpc) is 2.47. The van der Waals surface area contributed by atoms with Crippen molar-refractivity contribution in [2.75, 3.05) is 0 Å². The van der Waals surface area contributed by atoms with Crippen LogP contribution in [0.5, 0.6) is 0 Å². The van der Waals surface area contributed by atoms with Gasteiger partial charge < -0.3 is 10.5 Å². The summed E-state index contributed by atoms with van der Waals surface area (Å²) >= 11 is 6.06. The van der Waals surface area contributed by atoms with Gasteiger partial charge in [0.2, 0.25) is 0 Å². The molecule has 0 spiro atoms. The van der Waals surface area contributed by atoms with Crippen LogP contribution >= 0.6 is 11.6 Å². The third-order valence-electron chi connectivity index (χ3n) is 4.09. The summed E-state index contributed by atoms with van der Waals surface area (Å²) in [4.78, 5) is 12.2. The summed E-state index contributed by atoms with van der Waals surface area (Å²) in [5.41, 5.74) is 6.59.